The summed E-state index contributed by atoms with van der Waals surface area (Å²) in [5.74, 6) is 0. The lowest BCUT2D eigenvalue weighted by Gasteiger charge is -2.27. The highest BCUT2D eigenvalue weighted by Crippen LogP contribution is 2.11. The Morgan fingerprint density at radius 3 is 1.85 bits per heavy atom. The smallest absolute Gasteiger partial charge is 0.408 e. The molecular formula is C21H44BNO3. The van der Waals surface area contributed by atoms with Gasteiger partial charge in [0.05, 0.1) is 6.51 Å². The second-order valence-electron chi connectivity index (χ2n) is 7.62. The van der Waals surface area contributed by atoms with E-state index >= 15 is 0 Å². The molecule has 1 fully saturated rings. The van der Waals surface area contributed by atoms with Crippen LogP contribution in [0.5, 0.6) is 0 Å². The number of hydrogen-bond acceptors (Lipinski definition) is 4. The van der Waals surface area contributed by atoms with Gasteiger partial charge in [-0.3, -0.25) is 4.90 Å². The minimum atomic E-state index is -0.175. The van der Waals surface area contributed by atoms with Crippen LogP contribution in [-0.4, -0.2) is 58.0 Å². The first-order valence-corrected chi connectivity index (χ1v) is 11.4. The molecule has 5 heteroatoms. The maximum atomic E-state index is 5.80. The van der Waals surface area contributed by atoms with Gasteiger partial charge in [-0.15, -0.1) is 0 Å². The van der Waals surface area contributed by atoms with Gasteiger partial charge in [0, 0.05) is 32.9 Å². The Morgan fingerprint density at radius 1 is 0.731 bits per heavy atom. The van der Waals surface area contributed by atoms with Crippen molar-refractivity contribution in [3.63, 3.8) is 0 Å². The Kier molecular flexibility index (Phi) is 16.8. The summed E-state index contributed by atoms with van der Waals surface area (Å²) in [7, 11) is -0.175. The van der Waals surface area contributed by atoms with E-state index in [-0.39, 0.29) is 7.12 Å². The molecule has 0 unspecified atom stereocenters. The summed E-state index contributed by atoms with van der Waals surface area (Å²) in [6.45, 7) is 10.6. The van der Waals surface area contributed by atoms with Crippen molar-refractivity contribution >= 4 is 7.12 Å². The fraction of sp³-hybridized carbons (Fsp3) is 1.00. The maximum Gasteiger partial charge on any atom is 0.484 e. The minimum absolute atomic E-state index is 0.175. The van der Waals surface area contributed by atoms with Crippen LogP contribution in [0.15, 0.2) is 0 Å². The van der Waals surface area contributed by atoms with Crippen LogP contribution in [0.2, 0.25) is 0 Å². The summed E-state index contributed by atoms with van der Waals surface area (Å²) >= 11 is 0. The van der Waals surface area contributed by atoms with Gasteiger partial charge < -0.3 is 14.0 Å². The molecule has 4 nitrogen and oxygen atoms in total. The standard InChI is InChI=1S/C21H44BNO3/c1-3-5-7-8-9-10-11-12-13-14-15-23-16-19-25-22(26-20-17-23)21-24-18-6-4-2/h3-21H2,1-2H3. The van der Waals surface area contributed by atoms with E-state index in [2.05, 4.69) is 18.7 Å². The monoisotopic (exact) mass is 369 g/mol. The van der Waals surface area contributed by atoms with Crippen molar-refractivity contribution in [1.29, 1.82) is 0 Å². The number of rotatable bonds is 16. The van der Waals surface area contributed by atoms with Crippen molar-refractivity contribution < 1.29 is 14.0 Å². The molecule has 26 heavy (non-hydrogen) atoms. The molecule has 0 aromatic carbocycles. The zero-order chi connectivity index (χ0) is 18.7. The first-order valence-electron chi connectivity index (χ1n) is 11.4. The molecule has 0 spiro atoms. The molecule has 1 aliphatic rings. The maximum absolute atomic E-state index is 5.80. The second-order valence-corrected chi connectivity index (χ2v) is 7.62. The van der Waals surface area contributed by atoms with Crippen LogP contribution in [0.1, 0.15) is 90.9 Å². The van der Waals surface area contributed by atoms with Gasteiger partial charge >= 0.3 is 7.12 Å². The van der Waals surface area contributed by atoms with Crippen molar-refractivity contribution in [2.24, 2.45) is 0 Å². The molecule has 154 valence electrons. The molecule has 0 radical (unpaired) electrons. The Labute approximate surface area is 163 Å². The third-order valence-electron chi connectivity index (χ3n) is 5.15. The molecule has 1 heterocycles. The van der Waals surface area contributed by atoms with E-state index in [1.165, 1.54) is 77.2 Å². The van der Waals surface area contributed by atoms with E-state index in [0.717, 1.165) is 39.3 Å². The first-order chi connectivity index (χ1) is 12.9. The van der Waals surface area contributed by atoms with Crippen molar-refractivity contribution in [2.45, 2.75) is 90.9 Å². The molecule has 0 N–H and O–H groups in total. The predicted molar refractivity (Wildman–Crippen MR) is 112 cm³/mol. The third kappa shape index (κ3) is 14.0. The molecule has 1 aliphatic heterocycles. The zero-order valence-corrected chi connectivity index (χ0v) is 17.7. The van der Waals surface area contributed by atoms with Gasteiger partial charge in [0.1, 0.15) is 0 Å². The average molecular weight is 369 g/mol. The minimum Gasteiger partial charge on any atom is -0.408 e. The summed E-state index contributed by atoms with van der Waals surface area (Å²) in [6, 6.07) is 0. The van der Waals surface area contributed by atoms with Crippen molar-refractivity contribution in [3.05, 3.63) is 0 Å². The predicted octanol–water partition coefficient (Wildman–Crippen LogP) is 5.10. The SMILES string of the molecule is CCCCCCCCCCCCN1CCOB(COCCCC)OCC1. The Morgan fingerprint density at radius 2 is 1.27 bits per heavy atom. The van der Waals surface area contributed by atoms with Gasteiger partial charge in [-0.1, -0.05) is 78.1 Å². The average Bonchev–Trinajstić information content (AvgIpc) is 2.63. The molecule has 0 bridgehead atoms. The highest BCUT2D eigenvalue weighted by atomic mass is 16.6. The molecule has 1 saturated heterocycles. The van der Waals surface area contributed by atoms with Crippen LogP contribution in [0.3, 0.4) is 0 Å². The van der Waals surface area contributed by atoms with E-state index in [9.17, 15) is 0 Å². The number of unbranched alkanes of at least 4 members (excludes halogenated alkanes) is 10. The van der Waals surface area contributed by atoms with Crippen molar-refractivity contribution in [1.82, 2.24) is 4.90 Å². The van der Waals surface area contributed by atoms with Crippen LogP contribution in [-0.2, 0) is 14.0 Å². The molecule has 0 aromatic rings. The van der Waals surface area contributed by atoms with E-state index in [0.29, 0.717) is 6.51 Å². The fourth-order valence-electron chi connectivity index (χ4n) is 3.36. The van der Waals surface area contributed by atoms with Crippen molar-refractivity contribution in [3.8, 4) is 0 Å². The quantitative estimate of drug-likeness (QED) is 0.280. The van der Waals surface area contributed by atoms with Gasteiger partial charge in [0.25, 0.3) is 0 Å². The lowest BCUT2D eigenvalue weighted by molar-refractivity contribution is 0.0796. The van der Waals surface area contributed by atoms with Gasteiger partial charge in [0.2, 0.25) is 0 Å². The van der Waals surface area contributed by atoms with Gasteiger partial charge in [-0.2, -0.15) is 0 Å². The van der Waals surface area contributed by atoms with Crippen LogP contribution < -0.4 is 0 Å². The number of nitrogens with zero attached hydrogens (tertiary/aromatic N) is 1. The van der Waals surface area contributed by atoms with Crippen LogP contribution in [0.4, 0.5) is 0 Å². The molecule has 0 atom stereocenters. The Bertz CT molecular complexity index is 284. The van der Waals surface area contributed by atoms with E-state index in [1.807, 2.05) is 0 Å². The largest absolute Gasteiger partial charge is 0.484 e. The summed E-state index contributed by atoms with van der Waals surface area (Å²) in [5, 5.41) is 0. The molecule has 0 saturated carbocycles. The van der Waals surface area contributed by atoms with E-state index < -0.39 is 0 Å². The highest BCUT2D eigenvalue weighted by Gasteiger charge is 2.21. The van der Waals surface area contributed by atoms with Crippen LogP contribution >= 0.6 is 0 Å². The van der Waals surface area contributed by atoms with Gasteiger partial charge in [-0.05, 0) is 19.4 Å². The summed E-state index contributed by atoms with van der Waals surface area (Å²) in [5.41, 5.74) is 0. The number of ether oxygens (including phenoxy) is 1. The third-order valence-corrected chi connectivity index (χ3v) is 5.15. The molecule has 0 aliphatic carbocycles. The topological polar surface area (TPSA) is 30.9 Å². The Hall–Kier alpha value is -0.0951. The normalized spacial score (nSPS) is 16.6. The lowest BCUT2D eigenvalue weighted by Crippen LogP contribution is -2.41. The molecule has 0 amide bonds. The Balaban J connectivity index is 1.92. The van der Waals surface area contributed by atoms with Crippen LogP contribution in [0, 0.1) is 0 Å². The molecule has 0 aromatic heterocycles. The van der Waals surface area contributed by atoms with Gasteiger partial charge in [-0.25, -0.2) is 0 Å². The van der Waals surface area contributed by atoms with Crippen LogP contribution in [0.25, 0.3) is 0 Å². The highest BCUT2D eigenvalue weighted by molar-refractivity contribution is 6.44. The fourth-order valence-corrected chi connectivity index (χ4v) is 3.36. The number of hydrogen-bond donors (Lipinski definition) is 0. The van der Waals surface area contributed by atoms with E-state index in [1.54, 1.807) is 0 Å². The first kappa shape index (κ1) is 23.9. The zero-order valence-electron chi connectivity index (χ0n) is 17.7. The van der Waals surface area contributed by atoms with Gasteiger partial charge in [0.15, 0.2) is 0 Å². The van der Waals surface area contributed by atoms with E-state index in [4.69, 9.17) is 14.0 Å². The summed E-state index contributed by atoms with van der Waals surface area (Å²) in [4.78, 5) is 2.49. The molecule has 1 rings (SSSR count). The summed E-state index contributed by atoms with van der Waals surface area (Å²) < 4.78 is 17.2. The summed E-state index contributed by atoms with van der Waals surface area (Å²) in [6.07, 6.45) is 16.2. The lowest BCUT2D eigenvalue weighted by atomic mass is 9.92. The molecular weight excluding hydrogens is 325 g/mol. The van der Waals surface area contributed by atoms with Crippen molar-refractivity contribution in [2.75, 3.05) is 46.0 Å². The second kappa shape index (κ2) is 18.3.